The molecule has 2 amide bonds. The van der Waals surface area contributed by atoms with Crippen molar-refractivity contribution >= 4 is 11.8 Å². The minimum Gasteiger partial charge on any atom is -0.454 e. The fourth-order valence-electron chi connectivity index (χ4n) is 5.27. The van der Waals surface area contributed by atoms with Gasteiger partial charge in [-0.25, -0.2) is 0 Å². The summed E-state index contributed by atoms with van der Waals surface area (Å²) in [6, 6.07) is 7.09. The number of ether oxygens (including phenoxy) is 2. The highest BCUT2D eigenvalue weighted by molar-refractivity contribution is 5.95. The number of fused-ring (bicyclic) bond motifs is 2. The van der Waals surface area contributed by atoms with Crippen LogP contribution in [0.1, 0.15) is 35.2 Å². The number of aromatic nitrogens is 1. The first-order chi connectivity index (χ1) is 15.3. The molecule has 0 N–H and O–H groups in total. The number of pyridine rings is 1. The van der Waals surface area contributed by atoms with Crippen LogP contribution in [0.25, 0.3) is 5.69 Å². The van der Waals surface area contributed by atoms with Gasteiger partial charge in [0.1, 0.15) is 5.56 Å². The molecule has 1 saturated heterocycles. The van der Waals surface area contributed by atoms with Crippen LogP contribution < -0.4 is 15.0 Å². The summed E-state index contributed by atoms with van der Waals surface area (Å²) < 4.78 is 12.2. The van der Waals surface area contributed by atoms with Crippen LogP contribution in [-0.2, 0) is 4.79 Å². The fraction of sp³-hybridized carbons (Fsp3) is 0.458. The molecular weight excluding hydrogens is 410 g/mol. The molecule has 8 nitrogen and oxygen atoms in total. The van der Waals surface area contributed by atoms with Gasteiger partial charge in [0.15, 0.2) is 11.5 Å². The smallest absolute Gasteiger partial charge is 0.268 e. The van der Waals surface area contributed by atoms with Crippen molar-refractivity contribution in [2.45, 2.75) is 32.2 Å². The summed E-state index contributed by atoms with van der Waals surface area (Å²) in [5.41, 5.74) is 1.08. The first-order valence-corrected chi connectivity index (χ1v) is 11.0. The summed E-state index contributed by atoms with van der Waals surface area (Å²) in [6.45, 7) is 2.68. The molecule has 3 atom stereocenters. The van der Waals surface area contributed by atoms with E-state index in [1.54, 1.807) is 54.2 Å². The van der Waals surface area contributed by atoms with Crippen molar-refractivity contribution in [2.75, 3.05) is 27.4 Å². The largest absolute Gasteiger partial charge is 0.454 e. The minimum absolute atomic E-state index is 0.0230. The Morgan fingerprint density at radius 1 is 1.09 bits per heavy atom. The summed E-state index contributed by atoms with van der Waals surface area (Å²) in [5, 5.41) is 0. The number of hydrogen-bond donors (Lipinski definition) is 0. The van der Waals surface area contributed by atoms with E-state index >= 15 is 0 Å². The third-order valence-corrected chi connectivity index (χ3v) is 7.20. The van der Waals surface area contributed by atoms with E-state index in [1.165, 1.54) is 4.57 Å². The summed E-state index contributed by atoms with van der Waals surface area (Å²) >= 11 is 0. The van der Waals surface area contributed by atoms with Gasteiger partial charge in [0.05, 0.1) is 5.69 Å². The molecular formula is C24H27N3O5. The van der Waals surface area contributed by atoms with Gasteiger partial charge in [0, 0.05) is 45.4 Å². The van der Waals surface area contributed by atoms with Gasteiger partial charge in [-0.3, -0.25) is 19.0 Å². The average molecular weight is 437 g/mol. The maximum absolute atomic E-state index is 13.5. The van der Waals surface area contributed by atoms with Gasteiger partial charge in [0.2, 0.25) is 12.7 Å². The number of carbonyl (C=O) groups excluding carboxylic acids is 2. The minimum atomic E-state index is -0.356. The van der Waals surface area contributed by atoms with Gasteiger partial charge < -0.3 is 19.3 Å². The SMILES string of the molecule is Cc1ccn(-c2ccc3c(c2)OCO3)c(=O)c1C(=O)N(C)[C@H]1C[C@H]2CC(=O)N(C)C[C@H]2C1. The normalized spacial score (nSPS) is 23.9. The summed E-state index contributed by atoms with van der Waals surface area (Å²) in [4.78, 5) is 42.4. The molecule has 2 aromatic rings. The lowest BCUT2D eigenvalue weighted by molar-refractivity contribution is -0.134. The molecule has 168 valence electrons. The molecule has 1 saturated carbocycles. The fourth-order valence-corrected chi connectivity index (χ4v) is 5.27. The first kappa shape index (κ1) is 20.6. The number of benzene rings is 1. The van der Waals surface area contributed by atoms with Gasteiger partial charge in [-0.2, -0.15) is 0 Å². The molecule has 1 aromatic heterocycles. The van der Waals surface area contributed by atoms with Crippen LogP contribution in [0.3, 0.4) is 0 Å². The quantitative estimate of drug-likeness (QED) is 0.736. The number of likely N-dealkylation sites (tertiary alicyclic amines) is 1. The second-order valence-corrected chi connectivity index (χ2v) is 9.13. The van der Waals surface area contributed by atoms with Crippen molar-refractivity contribution < 1.29 is 19.1 Å². The highest BCUT2D eigenvalue weighted by Gasteiger charge is 2.42. The maximum Gasteiger partial charge on any atom is 0.268 e. The number of rotatable bonds is 3. The van der Waals surface area contributed by atoms with Crippen molar-refractivity contribution in [1.29, 1.82) is 0 Å². The van der Waals surface area contributed by atoms with E-state index in [1.807, 2.05) is 7.05 Å². The molecule has 1 aromatic carbocycles. The highest BCUT2D eigenvalue weighted by Crippen LogP contribution is 2.40. The third-order valence-electron chi connectivity index (χ3n) is 7.20. The van der Waals surface area contributed by atoms with Crippen LogP contribution in [0, 0.1) is 18.8 Å². The van der Waals surface area contributed by atoms with Gasteiger partial charge in [-0.1, -0.05) is 0 Å². The molecule has 2 aliphatic heterocycles. The Bertz CT molecular complexity index is 1160. The Balaban J connectivity index is 1.42. The average Bonchev–Trinajstić information content (AvgIpc) is 3.39. The molecule has 0 unspecified atom stereocenters. The summed E-state index contributed by atoms with van der Waals surface area (Å²) in [6.07, 6.45) is 3.88. The Labute approximate surface area is 186 Å². The Hall–Kier alpha value is -3.29. The molecule has 0 spiro atoms. The predicted molar refractivity (Wildman–Crippen MR) is 117 cm³/mol. The summed E-state index contributed by atoms with van der Waals surface area (Å²) in [7, 11) is 3.61. The third kappa shape index (κ3) is 3.34. The number of nitrogens with zero attached hydrogens (tertiary/aromatic N) is 3. The van der Waals surface area contributed by atoms with Crippen LogP contribution >= 0.6 is 0 Å². The molecule has 2 fully saturated rings. The second kappa shape index (κ2) is 7.69. The zero-order valence-electron chi connectivity index (χ0n) is 18.5. The van der Waals surface area contributed by atoms with Crippen molar-refractivity contribution in [3.05, 3.63) is 51.9 Å². The maximum atomic E-state index is 13.5. The zero-order chi connectivity index (χ0) is 22.6. The van der Waals surface area contributed by atoms with E-state index in [9.17, 15) is 14.4 Å². The van der Waals surface area contributed by atoms with E-state index in [4.69, 9.17) is 9.47 Å². The Morgan fingerprint density at radius 3 is 2.66 bits per heavy atom. The lowest BCUT2D eigenvalue weighted by atomic mass is 9.88. The van der Waals surface area contributed by atoms with Gasteiger partial charge in [-0.05, 0) is 55.4 Å². The predicted octanol–water partition coefficient (Wildman–Crippen LogP) is 2.20. The van der Waals surface area contributed by atoms with Crippen LogP contribution in [0.5, 0.6) is 11.5 Å². The number of carbonyl (C=O) groups is 2. The molecule has 32 heavy (non-hydrogen) atoms. The molecule has 5 rings (SSSR count). The van der Waals surface area contributed by atoms with Crippen LogP contribution in [0.4, 0.5) is 0 Å². The van der Waals surface area contributed by atoms with Gasteiger partial charge in [0.25, 0.3) is 11.5 Å². The molecule has 8 heteroatoms. The second-order valence-electron chi connectivity index (χ2n) is 9.13. The van der Waals surface area contributed by atoms with Gasteiger partial charge >= 0.3 is 0 Å². The van der Waals surface area contributed by atoms with Gasteiger partial charge in [-0.15, -0.1) is 0 Å². The van der Waals surface area contributed by atoms with E-state index in [2.05, 4.69) is 0 Å². The van der Waals surface area contributed by atoms with E-state index in [-0.39, 0.29) is 35.8 Å². The van der Waals surface area contributed by atoms with Crippen molar-refractivity contribution in [1.82, 2.24) is 14.4 Å². The molecule has 3 heterocycles. The molecule has 1 aliphatic carbocycles. The van der Waals surface area contributed by atoms with Crippen LogP contribution in [0.15, 0.2) is 35.3 Å². The van der Waals surface area contributed by atoms with E-state index in [0.717, 1.165) is 19.4 Å². The number of hydrogen-bond acceptors (Lipinski definition) is 5. The lowest BCUT2D eigenvalue weighted by Gasteiger charge is -2.31. The number of amides is 2. The summed E-state index contributed by atoms with van der Waals surface area (Å²) in [5.74, 6) is 1.82. The van der Waals surface area contributed by atoms with Crippen molar-refractivity contribution in [2.24, 2.45) is 11.8 Å². The van der Waals surface area contributed by atoms with Crippen molar-refractivity contribution in [3.8, 4) is 17.2 Å². The standard InChI is InChI=1S/C24H27N3O5/c1-14-6-7-27(17-4-5-19-20(11-17)32-13-31-19)24(30)22(14)23(29)26(3)18-8-15-10-21(28)25(2)12-16(15)9-18/h4-7,11,15-16,18H,8-10,12-13H2,1-3H3/t15-,16+,18-/m0/s1. The first-order valence-electron chi connectivity index (χ1n) is 11.0. The lowest BCUT2D eigenvalue weighted by Crippen LogP contribution is -2.40. The van der Waals surface area contributed by atoms with E-state index < -0.39 is 0 Å². The molecule has 3 aliphatic rings. The Kier molecular flexibility index (Phi) is 4.95. The number of piperidine rings is 1. The number of aryl methyl sites for hydroxylation is 1. The molecule has 0 radical (unpaired) electrons. The van der Waals surface area contributed by atoms with Crippen LogP contribution in [0.2, 0.25) is 0 Å². The monoisotopic (exact) mass is 437 g/mol. The topological polar surface area (TPSA) is 81.1 Å². The molecule has 0 bridgehead atoms. The highest BCUT2D eigenvalue weighted by atomic mass is 16.7. The zero-order valence-corrected chi connectivity index (χ0v) is 18.5. The van der Waals surface area contributed by atoms with Crippen LogP contribution in [-0.4, -0.2) is 59.7 Å². The van der Waals surface area contributed by atoms with E-state index in [0.29, 0.717) is 41.0 Å². The Morgan fingerprint density at radius 2 is 1.84 bits per heavy atom. The van der Waals surface area contributed by atoms with Crippen molar-refractivity contribution in [3.63, 3.8) is 0 Å².